The summed E-state index contributed by atoms with van der Waals surface area (Å²) in [6.07, 6.45) is -1.01. The minimum atomic E-state index is -1.01. The number of carbonyl (C=O) groups excluding carboxylic acids is 2. The van der Waals surface area contributed by atoms with Crippen molar-refractivity contribution in [2.24, 2.45) is 0 Å². The molecule has 6 nitrogen and oxygen atoms in total. The summed E-state index contributed by atoms with van der Waals surface area (Å²) in [5.74, 6) is -1.16. The molecular weight excluding hydrogens is 334 g/mol. The molecule has 0 fully saturated rings. The number of ether oxygens (including phenoxy) is 1. The number of nitro groups is 1. The van der Waals surface area contributed by atoms with Gasteiger partial charge in [-0.25, -0.2) is 4.79 Å². The maximum atomic E-state index is 12.3. The highest BCUT2D eigenvalue weighted by Gasteiger charge is 2.22. The highest BCUT2D eigenvalue weighted by Crippen LogP contribution is 2.23. The molecule has 2 aromatic carbocycles. The van der Waals surface area contributed by atoms with Crippen molar-refractivity contribution in [1.29, 1.82) is 0 Å². The van der Waals surface area contributed by atoms with Gasteiger partial charge >= 0.3 is 5.97 Å². The van der Waals surface area contributed by atoms with Gasteiger partial charge in [0.25, 0.3) is 5.69 Å². The zero-order valence-electron chi connectivity index (χ0n) is 13.0. The third kappa shape index (κ3) is 3.97. The Morgan fingerprint density at radius 3 is 2.33 bits per heavy atom. The Morgan fingerprint density at radius 2 is 1.79 bits per heavy atom. The van der Waals surface area contributed by atoms with E-state index >= 15 is 0 Å². The van der Waals surface area contributed by atoms with Crippen molar-refractivity contribution >= 4 is 29.0 Å². The van der Waals surface area contributed by atoms with Crippen LogP contribution in [0.25, 0.3) is 0 Å². The van der Waals surface area contributed by atoms with Gasteiger partial charge in [0.1, 0.15) is 0 Å². The van der Waals surface area contributed by atoms with Crippen LogP contribution in [0.4, 0.5) is 5.69 Å². The Hall–Kier alpha value is -2.73. The molecule has 1 atom stereocenters. The van der Waals surface area contributed by atoms with E-state index in [4.69, 9.17) is 16.3 Å². The summed E-state index contributed by atoms with van der Waals surface area (Å²) in [7, 11) is 0. The smallest absolute Gasteiger partial charge is 0.340 e. The quantitative estimate of drug-likeness (QED) is 0.353. The van der Waals surface area contributed by atoms with Crippen molar-refractivity contribution in [3.05, 3.63) is 74.3 Å². The van der Waals surface area contributed by atoms with Crippen LogP contribution in [0.15, 0.2) is 42.5 Å². The first-order valence-corrected chi connectivity index (χ1v) is 7.43. The van der Waals surface area contributed by atoms with Crippen LogP contribution in [0, 0.1) is 17.0 Å². The molecule has 2 rings (SSSR count). The van der Waals surface area contributed by atoms with Gasteiger partial charge in [-0.2, -0.15) is 0 Å². The zero-order chi connectivity index (χ0) is 17.9. The first-order valence-electron chi connectivity index (χ1n) is 7.05. The number of non-ortho nitro benzene ring substituents is 1. The molecule has 0 N–H and O–H groups in total. The lowest BCUT2D eigenvalue weighted by Crippen LogP contribution is -2.24. The van der Waals surface area contributed by atoms with Crippen molar-refractivity contribution in [1.82, 2.24) is 0 Å². The maximum absolute atomic E-state index is 12.3. The molecule has 0 saturated heterocycles. The number of benzene rings is 2. The number of aryl methyl sites for hydroxylation is 1. The second kappa shape index (κ2) is 7.23. The van der Waals surface area contributed by atoms with Crippen molar-refractivity contribution in [3.8, 4) is 0 Å². The molecule has 0 bridgehead atoms. The molecule has 0 radical (unpaired) electrons. The molecule has 0 amide bonds. The van der Waals surface area contributed by atoms with Crippen LogP contribution in [0.1, 0.15) is 33.2 Å². The predicted molar refractivity (Wildman–Crippen MR) is 88.5 cm³/mol. The number of Topliss-reactive ketones (excluding diaryl/α,β-unsaturated/α-hetero) is 1. The average Bonchev–Trinajstić information content (AvgIpc) is 2.54. The summed E-state index contributed by atoms with van der Waals surface area (Å²) in [5.41, 5.74) is 1.16. The Labute approximate surface area is 143 Å². The first-order chi connectivity index (χ1) is 11.3. The van der Waals surface area contributed by atoms with E-state index in [1.54, 1.807) is 24.3 Å². The molecule has 0 saturated carbocycles. The number of rotatable bonds is 5. The number of carbonyl (C=O) groups is 2. The first kappa shape index (κ1) is 17.6. The van der Waals surface area contributed by atoms with Gasteiger partial charge in [0, 0.05) is 17.7 Å². The molecule has 1 unspecified atom stereocenters. The van der Waals surface area contributed by atoms with Crippen molar-refractivity contribution in [2.75, 3.05) is 0 Å². The summed E-state index contributed by atoms with van der Waals surface area (Å²) in [6.45, 7) is 3.35. The van der Waals surface area contributed by atoms with Crippen LogP contribution < -0.4 is 0 Å². The van der Waals surface area contributed by atoms with Gasteiger partial charge in [0.15, 0.2) is 6.10 Å². The van der Waals surface area contributed by atoms with Crippen LogP contribution in [-0.4, -0.2) is 22.8 Å². The van der Waals surface area contributed by atoms with Crippen molar-refractivity contribution in [2.45, 2.75) is 20.0 Å². The Morgan fingerprint density at radius 1 is 1.17 bits per heavy atom. The monoisotopic (exact) mass is 347 g/mol. The largest absolute Gasteiger partial charge is 0.451 e. The summed E-state index contributed by atoms with van der Waals surface area (Å²) >= 11 is 5.88. The van der Waals surface area contributed by atoms with Crippen LogP contribution in [-0.2, 0) is 4.74 Å². The number of nitrogens with zero attached hydrogens (tertiary/aromatic N) is 1. The number of hydrogen-bond donors (Lipinski definition) is 0. The van der Waals surface area contributed by atoms with Crippen LogP contribution in [0.2, 0.25) is 5.02 Å². The highest BCUT2D eigenvalue weighted by molar-refractivity contribution is 6.33. The standard InChI is InChI=1S/C17H14ClNO5/c1-10-3-5-12(6-4-10)16(20)11(2)24-17(21)14-8-7-13(19(22)23)9-15(14)18/h3-9,11H,1-2H3. The second-order valence-corrected chi connectivity index (χ2v) is 5.61. The maximum Gasteiger partial charge on any atom is 0.340 e. The van der Waals surface area contributed by atoms with Crippen LogP contribution in [0.3, 0.4) is 0 Å². The third-order valence-electron chi connectivity index (χ3n) is 3.37. The fourth-order valence-electron chi connectivity index (χ4n) is 2.01. The Kier molecular flexibility index (Phi) is 5.31. The van der Waals surface area contributed by atoms with Crippen LogP contribution in [0.5, 0.6) is 0 Å². The normalized spacial score (nSPS) is 11.6. The SMILES string of the molecule is Cc1ccc(C(=O)C(C)OC(=O)c2ccc([N+](=O)[O-])cc2Cl)cc1. The summed E-state index contributed by atoms with van der Waals surface area (Å²) in [6, 6.07) is 10.3. The van der Waals surface area contributed by atoms with E-state index in [9.17, 15) is 19.7 Å². The number of hydrogen-bond acceptors (Lipinski definition) is 5. The molecule has 124 valence electrons. The zero-order valence-corrected chi connectivity index (χ0v) is 13.7. The lowest BCUT2D eigenvalue weighted by atomic mass is 10.1. The minimum absolute atomic E-state index is 0.0363. The molecule has 0 spiro atoms. The van der Waals surface area contributed by atoms with Gasteiger partial charge in [-0.15, -0.1) is 0 Å². The number of nitro benzene ring substituents is 1. The van der Waals surface area contributed by atoms with Gasteiger partial charge in [-0.3, -0.25) is 14.9 Å². The molecule has 2 aromatic rings. The topological polar surface area (TPSA) is 86.5 Å². The van der Waals surface area contributed by atoms with E-state index in [2.05, 4.69) is 0 Å². The lowest BCUT2D eigenvalue weighted by Gasteiger charge is -2.13. The van der Waals surface area contributed by atoms with Gasteiger partial charge in [-0.1, -0.05) is 41.4 Å². The third-order valence-corrected chi connectivity index (χ3v) is 3.69. The number of halogens is 1. The Balaban J connectivity index is 2.12. The molecule has 24 heavy (non-hydrogen) atoms. The fraction of sp³-hybridized carbons (Fsp3) is 0.176. The molecule has 0 heterocycles. The Bertz CT molecular complexity index is 801. The van der Waals surface area contributed by atoms with E-state index < -0.39 is 17.0 Å². The summed E-state index contributed by atoms with van der Waals surface area (Å²) in [4.78, 5) is 34.4. The van der Waals surface area contributed by atoms with E-state index in [0.717, 1.165) is 17.7 Å². The van der Waals surface area contributed by atoms with E-state index in [1.165, 1.54) is 13.0 Å². The van der Waals surface area contributed by atoms with Gasteiger partial charge in [-0.05, 0) is 19.9 Å². The molecule has 7 heteroatoms. The average molecular weight is 348 g/mol. The van der Waals surface area contributed by atoms with Crippen molar-refractivity contribution < 1.29 is 19.2 Å². The minimum Gasteiger partial charge on any atom is -0.451 e. The summed E-state index contributed by atoms with van der Waals surface area (Å²) in [5, 5.41) is 10.6. The molecular formula is C17H14ClNO5. The number of ketones is 1. The fourth-order valence-corrected chi connectivity index (χ4v) is 2.27. The lowest BCUT2D eigenvalue weighted by molar-refractivity contribution is -0.384. The van der Waals surface area contributed by atoms with Gasteiger partial charge in [0.05, 0.1) is 15.5 Å². The van der Waals surface area contributed by atoms with E-state index in [1.807, 2.05) is 6.92 Å². The predicted octanol–water partition coefficient (Wildman–Crippen LogP) is 3.98. The number of esters is 1. The molecule has 0 aliphatic rings. The highest BCUT2D eigenvalue weighted by atomic mass is 35.5. The molecule has 0 aliphatic carbocycles. The van der Waals surface area contributed by atoms with Crippen molar-refractivity contribution in [3.63, 3.8) is 0 Å². The van der Waals surface area contributed by atoms with E-state index in [-0.39, 0.29) is 22.1 Å². The van der Waals surface area contributed by atoms with E-state index in [0.29, 0.717) is 5.56 Å². The molecule has 0 aliphatic heterocycles. The summed E-state index contributed by atoms with van der Waals surface area (Å²) < 4.78 is 5.12. The second-order valence-electron chi connectivity index (χ2n) is 5.20. The van der Waals surface area contributed by atoms with Crippen LogP contribution >= 0.6 is 11.6 Å². The molecule has 0 aromatic heterocycles. The van der Waals surface area contributed by atoms with Gasteiger partial charge < -0.3 is 4.74 Å². The van der Waals surface area contributed by atoms with Gasteiger partial charge in [0.2, 0.25) is 5.78 Å².